The van der Waals surface area contributed by atoms with Gasteiger partial charge in [0.05, 0.1) is 10.9 Å². The van der Waals surface area contributed by atoms with Crippen molar-refractivity contribution in [3.8, 4) is 0 Å². The molecule has 1 aliphatic heterocycles. The van der Waals surface area contributed by atoms with Gasteiger partial charge in [-0.3, -0.25) is 4.79 Å². The van der Waals surface area contributed by atoms with Crippen molar-refractivity contribution in [3.05, 3.63) is 46.1 Å². The number of aromatic nitrogens is 2. The van der Waals surface area contributed by atoms with E-state index < -0.39 is 0 Å². The third-order valence-corrected chi connectivity index (χ3v) is 6.42. The molecule has 1 aliphatic rings. The second kappa shape index (κ2) is 7.87. The third kappa shape index (κ3) is 3.61. The third-order valence-electron chi connectivity index (χ3n) is 5.41. The number of hydrogen-bond acceptors (Lipinski definition) is 5. The van der Waals surface area contributed by atoms with E-state index in [2.05, 4.69) is 33.2 Å². The Kier molecular flexibility index (Phi) is 5.31. The lowest BCUT2D eigenvalue weighted by atomic mass is 10.1. The Bertz CT molecular complexity index is 1020. The van der Waals surface area contributed by atoms with Crippen molar-refractivity contribution < 1.29 is 4.79 Å². The molecular formula is C22H26N4OS. The van der Waals surface area contributed by atoms with E-state index in [4.69, 9.17) is 0 Å². The second-order valence-corrected chi connectivity index (χ2v) is 8.79. The number of hydrogen-bond donors (Lipinski definition) is 1. The van der Waals surface area contributed by atoms with Crippen molar-refractivity contribution in [1.82, 2.24) is 9.97 Å². The van der Waals surface area contributed by atoms with Crippen LogP contribution in [-0.4, -0.2) is 29.0 Å². The molecule has 1 amide bonds. The fourth-order valence-corrected chi connectivity index (χ4v) is 4.95. The summed E-state index contributed by atoms with van der Waals surface area (Å²) in [5.74, 6) is 0.823. The standard InChI is InChI=1S/C22H26N4OS/c1-14-8-9-17(15(2)12-14)25-21(27)18-16(3)28-22-19(18)20(23-13-24-22)26-10-6-4-5-7-11-26/h8-9,12-13H,4-7,10-11H2,1-3H3,(H,25,27). The monoisotopic (exact) mass is 394 g/mol. The van der Waals surface area contributed by atoms with Gasteiger partial charge in [-0.25, -0.2) is 9.97 Å². The highest BCUT2D eigenvalue weighted by Gasteiger charge is 2.24. The summed E-state index contributed by atoms with van der Waals surface area (Å²) >= 11 is 1.57. The zero-order valence-corrected chi connectivity index (χ0v) is 17.5. The molecule has 1 saturated heterocycles. The van der Waals surface area contributed by atoms with Crippen molar-refractivity contribution in [2.45, 2.75) is 46.5 Å². The van der Waals surface area contributed by atoms with Crippen LogP contribution in [0, 0.1) is 20.8 Å². The van der Waals surface area contributed by atoms with Crippen molar-refractivity contribution >= 4 is 39.0 Å². The van der Waals surface area contributed by atoms with Crippen LogP contribution in [0.2, 0.25) is 0 Å². The Morgan fingerprint density at radius 2 is 1.82 bits per heavy atom. The van der Waals surface area contributed by atoms with Gasteiger partial charge in [0, 0.05) is 23.7 Å². The molecule has 146 valence electrons. The van der Waals surface area contributed by atoms with Gasteiger partial charge in [0.25, 0.3) is 5.91 Å². The quantitative estimate of drug-likeness (QED) is 0.659. The van der Waals surface area contributed by atoms with Gasteiger partial charge in [0.15, 0.2) is 0 Å². The van der Waals surface area contributed by atoms with E-state index in [0.29, 0.717) is 5.56 Å². The molecule has 1 aromatic carbocycles. The van der Waals surface area contributed by atoms with Gasteiger partial charge >= 0.3 is 0 Å². The number of rotatable bonds is 3. The summed E-state index contributed by atoms with van der Waals surface area (Å²) in [6.07, 6.45) is 6.47. The lowest BCUT2D eigenvalue weighted by Gasteiger charge is -2.22. The molecule has 28 heavy (non-hydrogen) atoms. The topological polar surface area (TPSA) is 58.1 Å². The zero-order chi connectivity index (χ0) is 19.7. The van der Waals surface area contributed by atoms with Crippen molar-refractivity contribution in [2.24, 2.45) is 0 Å². The lowest BCUT2D eigenvalue weighted by molar-refractivity contribution is 0.102. The minimum Gasteiger partial charge on any atom is -0.356 e. The van der Waals surface area contributed by atoms with E-state index >= 15 is 0 Å². The predicted molar refractivity (Wildman–Crippen MR) is 117 cm³/mol. The van der Waals surface area contributed by atoms with Crippen LogP contribution in [0.1, 0.15) is 52.0 Å². The number of thiophene rings is 1. The number of nitrogens with one attached hydrogen (secondary N) is 1. The molecule has 0 aliphatic carbocycles. The van der Waals surface area contributed by atoms with Gasteiger partial charge in [-0.2, -0.15) is 0 Å². The van der Waals surface area contributed by atoms with Crippen LogP contribution in [0.5, 0.6) is 0 Å². The molecule has 3 heterocycles. The first kappa shape index (κ1) is 18.9. The number of fused-ring (bicyclic) bond motifs is 1. The maximum absolute atomic E-state index is 13.3. The largest absolute Gasteiger partial charge is 0.356 e. The van der Waals surface area contributed by atoms with E-state index in [9.17, 15) is 4.79 Å². The van der Waals surface area contributed by atoms with Crippen molar-refractivity contribution in [3.63, 3.8) is 0 Å². The Labute approximate surface area is 169 Å². The molecule has 2 aromatic heterocycles. The first-order valence-electron chi connectivity index (χ1n) is 9.92. The van der Waals surface area contributed by atoms with Crippen LogP contribution in [0.4, 0.5) is 11.5 Å². The maximum atomic E-state index is 13.3. The van der Waals surface area contributed by atoms with E-state index in [-0.39, 0.29) is 5.91 Å². The summed E-state index contributed by atoms with van der Waals surface area (Å²) < 4.78 is 0. The van der Waals surface area contributed by atoms with Crippen LogP contribution < -0.4 is 10.2 Å². The number of aryl methyl sites for hydroxylation is 3. The Hall–Kier alpha value is -2.47. The molecule has 1 N–H and O–H groups in total. The number of amides is 1. The number of benzene rings is 1. The Morgan fingerprint density at radius 3 is 2.54 bits per heavy atom. The molecule has 0 bridgehead atoms. The molecular weight excluding hydrogens is 368 g/mol. The van der Waals surface area contributed by atoms with E-state index in [0.717, 1.165) is 45.3 Å². The number of carbonyl (C=O) groups is 1. The van der Waals surface area contributed by atoms with Crippen LogP contribution in [0.25, 0.3) is 10.2 Å². The summed E-state index contributed by atoms with van der Waals surface area (Å²) in [5, 5.41) is 4.01. The Morgan fingerprint density at radius 1 is 1.07 bits per heavy atom. The van der Waals surface area contributed by atoms with Crippen LogP contribution in [0.3, 0.4) is 0 Å². The molecule has 3 aromatic rings. The SMILES string of the molecule is Cc1ccc(NC(=O)c2c(C)sc3ncnc(N4CCCCCC4)c23)c(C)c1. The normalized spacial score (nSPS) is 14.9. The zero-order valence-electron chi connectivity index (χ0n) is 16.7. The van der Waals surface area contributed by atoms with Crippen LogP contribution >= 0.6 is 11.3 Å². The van der Waals surface area contributed by atoms with Gasteiger partial charge < -0.3 is 10.2 Å². The molecule has 0 atom stereocenters. The summed E-state index contributed by atoms with van der Waals surface area (Å²) in [7, 11) is 0. The maximum Gasteiger partial charge on any atom is 0.257 e. The fraction of sp³-hybridized carbons (Fsp3) is 0.409. The van der Waals surface area contributed by atoms with Crippen LogP contribution in [0.15, 0.2) is 24.5 Å². The van der Waals surface area contributed by atoms with Crippen LogP contribution in [-0.2, 0) is 0 Å². The van der Waals surface area contributed by atoms with Crippen molar-refractivity contribution in [1.29, 1.82) is 0 Å². The lowest BCUT2D eigenvalue weighted by Crippen LogP contribution is -2.25. The minimum atomic E-state index is -0.0819. The number of carbonyl (C=O) groups excluding carboxylic acids is 1. The summed E-state index contributed by atoms with van der Waals surface area (Å²) in [4.78, 5) is 26.5. The fourth-order valence-electron chi connectivity index (χ4n) is 3.96. The summed E-state index contributed by atoms with van der Waals surface area (Å²) in [6, 6.07) is 6.08. The number of anilines is 2. The average Bonchev–Trinajstić information content (AvgIpc) is 2.82. The van der Waals surface area contributed by atoms with E-state index in [1.807, 2.05) is 26.0 Å². The molecule has 0 saturated carbocycles. The molecule has 0 radical (unpaired) electrons. The average molecular weight is 395 g/mol. The van der Waals surface area contributed by atoms with Gasteiger partial charge in [0.2, 0.25) is 0 Å². The van der Waals surface area contributed by atoms with Gasteiger partial charge in [0.1, 0.15) is 17.0 Å². The van der Waals surface area contributed by atoms with E-state index in [1.54, 1.807) is 17.7 Å². The predicted octanol–water partition coefficient (Wildman–Crippen LogP) is 5.25. The van der Waals surface area contributed by atoms with Crippen molar-refractivity contribution in [2.75, 3.05) is 23.3 Å². The molecule has 5 nitrogen and oxygen atoms in total. The van der Waals surface area contributed by atoms with E-state index in [1.165, 1.54) is 31.2 Å². The molecule has 4 rings (SSSR count). The second-order valence-electron chi connectivity index (χ2n) is 7.58. The molecule has 1 fully saturated rings. The molecule has 0 spiro atoms. The highest BCUT2D eigenvalue weighted by atomic mass is 32.1. The van der Waals surface area contributed by atoms with Gasteiger partial charge in [-0.05, 0) is 45.2 Å². The molecule has 0 unspecified atom stereocenters. The Balaban J connectivity index is 1.75. The first-order valence-corrected chi connectivity index (χ1v) is 10.7. The summed E-state index contributed by atoms with van der Waals surface area (Å²) in [5.41, 5.74) is 3.81. The highest BCUT2D eigenvalue weighted by Crippen LogP contribution is 2.36. The summed E-state index contributed by atoms with van der Waals surface area (Å²) in [6.45, 7) is 8.04. The van der Waals surface area contributed by atoms with Gasteiger partial charge in [-0.15, -0.1) is 11.3 Å². The van der Waals surface area contributed by atoms with Gasteiger partial charge in [-0.1, -0.05) is 30.5 Å². The number of nitrogens with zero attached hydrogens (tertiary/aromatic N) is 3. The molecule has 6 heteroatoms. The first-order chi connectivity index (χ1) is 13.5. The minimum absolute atomic E-state index is 0.0819. The highest BCUT2D eigenvalue weighted by molar-refractivity contribution is 7.19. The smallest absolute Gasteiger partial charge is 0.257 e.